The summed E-state index contributed by atoms with van der Waals surface area (Å²) in [6.45, 7) is -13.1. The molecule has 0 bridgehead atoms. The van der Waals surface area contributed by atoms with E-state index in [-0.39, 0.29) is 0 Å². The fourth-order valence-electron chi connectivity index (χ4n) is 2.44. The zero-order valence-electron chi connectivity index (χ0n) is 18.8. The van der Waals surface area contributed by atoms with Gasteiger partial charge in [0.25, 0.3) is 0 Å². The van der Waals surface area contributed by atoms with E-state index in [2.05, 4.69) is 18.9 Å². The molecular weight excluding hydrogens is 648 g/mol. The molecule has 41 heavy (non-hydrogen) atoms. The lowest BCUT2D eigenvalue weighted by atomic mass is 10.1. The van der Waals surface area contributed by atoms with Crippen LogP contribution in [0.3, 0.4) is 0 Å². The minimum absolute atomic E-state index is 3.17. The third-order valence-electron chi connectivity index (χ3n) is 4.63. The molecule has 24 heteroatoms. The van der Waals surface area contributed by atoms with Crippen LogP contribution in [0.25, 0.3) is 0 Å². The van der Waals surface area contributed by atoms with Gasteiger partial charge in [-0.15, -0.1) is 0 Å². The van der Waals surface area contributed by atoms with Gasteiger partial charge in [0.05, 0.1) is 0 Å². The van der Waals surface area contributed by atoms with Gasteiger partial charge >= 0.3 is 67.0 Å². The first-order valence-electron chi connectivity index (χ1n) is 9.80. The van der Waals surface area contributed by atoms with Gasteiger partial charge in [-0.2, -0.15) is 52.7 Å². The van der Waals surface area contributed by atoms with Gasteiger partial charge in [-0.25, -0.2) is 35.1 Å². The number of allylic oxidation sites excluding steroid dienone is 1. The summed E-state index contributed by atoms with van der Waals surface area (Å²) in [6.07, 6.45) is -19.8. The zero-order chi connectivity index (χ0) is 32.6. The maximum atomic E-state index is 14.9. The van der Waals surface area contributed by atoms with Crippen LogP contribution in [0.4, 0.5) is 87.8 Å². The van der Waals surface area contributed by atoms with Crippen molar-refractivity contribution in [3.63, 3.8) is 0 Å². The van der Waals surface area contributed by atoms with Crippen LogP contribution in [-0.2, 0) is 18.9 Å². The fourth-order valence-corrected chi connectivity index (χ4v) is 2.44. The Hall–Kier alpha value is -2.14. The lowest BCUT2D eigenvalue weighted by Crippen LogP contribution is -2.60. The van der Waals surface area contributed by atoms with Gasteiger partial charge in [-0.3, -0.25) is 0 Å². The van der Waals surface area contributed by atoms with Gasteiger partial charge < -0.3 is 18.9 Å². The second-order valence-corrected chi connectivity index (χ2v) is 7.83. The van der Waals surface area contributed by atoms with Crippen molar-refractivity contribution in [3.05, 3.63) is 11.5 Å². The Balaban J connectivity index is 3.96. The molecule has 0 aromatic heterocycles. The van der Waals surface area contributed by atoms with E-state index in [0.717, 1.165) is 0 Å². The summed E-state index contributed by atoms with van der Waals surface area (Å²) >= 11 is 0. The summed E-state index contributed by atoms with van der Waals surface area (Å²) in [7, 11) is 0. The molecule has 0 saturated heterocycles. The van der Waals surface area contributed by atoms with E-state index < -0.39 is 105 Å². The van der Waals surface area contributed by atoms with Crippen molar-refractivity contribution in [2.45, 2.75) is 67.0 Å². The highest BCUT2D eigenvalue weighted by Gasteiger charge is 2.83. The largest absolute Gasteiger partial charge is 0.482 e. The molecular formula is C17H12F20O4. The number of hydrogen-bond donors (Lipinski definition) is 0. The third-order valence-corrected chi connectivity index (χ3v) is 4.63. The topological polar surface area (TPSA) is 36.9 Å². The fraction of sp³-hybridized carbons (Fsp3) is 0.882. The lowest BCUT2D eigenvalue weighted by molar-refractivity contribution is -0.384. The Morgan fingerprint density at radius 2 is 0.732 bits per heavy atom. The standard InChI is InChI=1S/C17H12F20O4/c18-7(19)11(26,27)1-38-5-6(39-2-12(28,29)8(20)21)16(17(36,37)15(5,34)35,40-3-13(30,31)9(22)23)41-4-14(32,33)10(24)25/h7-10H,1-4H2. The number of hydrogen-bond acceptors (Lipinski definition) is 4. The van der Waals surface area contributed by atoms with Crippen LogP contribution in [-0.4, -0.2) is 93.5 Å². The summed E-state index contributed by atoms with van der Waals surface area (Å²) in [5, 5.41) is 0. The Kier molecular flexibility index (Phi) is 10.7. The number of ether oxygens (including phenoxy) is 4. The maximum Gasteiger partial charge on any atom is 0.378 e. The minimum atomic E-state index is -6.83. The first kappa shape index (κ1) is 36.9. The molecule has 0 atom stereocenters. The molecule has 0 heterocycles. The molecule has 0 spiro atoms. The quantitative estimate of drug-likeness (QED) is 0.134. The van der Waals surface area contributed by atoms with E-state index in [0.29, 0.717) is 0 Å². The van der Waals surface area contributed by atoms with Crippen molar-refractivity contribution in [2.75, 3.05) is 26.4 Å². The summed E-state index contributed by atoms with van der Waals surface area (Å²) in [5.74, 6) is -48.9. The summed E-state index contributed by atoms with van der Waals surface area (Å²) < 4.78 is 279. The Morgan fingerprint density at radius 1 is 0.463 bits per heavy atom. The second kappa shape index (κ2) is 11.9. The molecule has 0 aliphatic heterocycles. The highest BCUT2D eigenvalue weighted by Crippen LogP contribution is 2.60. The van der Waals surface area contributed by atoms with Gasteiger partial charge in [0, 0.05) is 0 Å². The van der Waals surface area contributed by atoms with E-state index >= 15 is 0 Å². The van der Waals surface area contributed by atoms with Crippen molar-refractivity contribution in [3.8, 4) is 0 Å². The molecule has 0 unspecified atom stereocenters. The van der Waals surface area contributed by atoms with Gasteiger partial charge in [-0.05, 0) is 0 Å². The van der Waals surface area contributed by atoms with E-state index in [4.69, 9.17) is 0 Å². The van der Waals surface area contributed by atoms with Crippen LogP contribution >= 0.6 is 0 Å². The molecule has 0 radical (unpaired) electrons. The van der Waals surface area contributed by atoms with Gasteiger partial charge in [0.2, 0.25) is 11.5 Å². The summed E-state index contributed by atoms with van der Waals surface area (Å²) in [5.41, 5.74) is 0. The molecule has 1 rings (SSSR count). The molecule has 4 nitrogen and oxygen atoms in total. The molecule has 0 aromatic carbocycles. The Morgan fingerprint density at radius 3 is 1.02 bits per heavy atom. The SMILES string of the molecule is FC(F)C(F)(F)COC1=C(OCC(F)(F)C(F)F)C(OCC(F)(F)C(F)F)(OCC(F)(F)C(F)F)C(F)(F)C1(F)F. The first-order chi connectivity index (χ1) is 18.1. The van der Waals surface area contributed by atoms with Crippen LogP contribution in [0, 0.1) is 0 Å². The van der Waals surface area contributed by atoms with E-state index in [9.17, 15) is 87.8 Å². The first-order valence-corrected chi connectivity index (χ1v) is 9.80. The molecule has 0 fully saturated rings. The second-order valence-electron chi connectivity index (χ2n) is 7.83. The van der Waals surface area contributed by atoms with Crippen molar-refractivity contribution >= 4 is 0 Å². The highest BCUT2D eigenvalue weighted by molar-refractivity contribution is 5.35. The van der Waals surface area contributed by atoms with Crippen molar-refractivity contribution in [1.82, 2.24) is 0 Å². The van der Waals surface area contributed by atoms with Crippen LogP contribution in [0.1, 0.15) is 0 Å². The Bertz CT molecular complexity index is 893. The Labute approximate surface area is 213 Å². The normalized spacial score (nSPS) is 19.7. The maximum absolute atomic E-state index is 14.9. The van der Waals surface area contributed by atoms with E-state index in [1.54, 1.807) is 0 Å². The summed E-state index contributed by atoms with van der Waals surface area (Å²) in [6, 6.07) is 0. The van der Waals surface area contributed by atoms with Gasteiger partial charge in [0.15, 0.2) is 13.2 Å². The van der Waals surface area contributed by atoms with Crippen LogP contribution < -0.4 is 0 Å². The van der Waals surface area contributed by atoms with Crippen LogP contribution in [0.2, 0.25) is 0 Å². The molecule has 0 amide bonds. The summed E-state index contributed by atoms with van der Waals surface area (Å²) in [4.78, 5) is 0. The average Bonchev–Trinajstić information content (AvgIpc) is 2.92. The van der Waals surface area contributed by atoms with Crippen molar-refractivity contribution in [1.29, 1.82) is 0 Å². The molecule has 0 saturated carbocycles. The number of rotatable bonds is 16. The molecule has 244 valence electrons. The highest BCUT2D eigenvalue weighted by atomic mass is 19.3. The predicted octanol–water partition coefficient (Wildman–Crippen LogP) is 6.85. The molecule has 0 aromatic rings. The van der Waals surface area contributed by atoms with Crippen LogP contribution in [0.15, 0.2) is 11.5 Å². The molecule has 1 aliphatic rings. The number of alkyl halides is 20. The predicted molar refractivity (Wildman–Crippen MR) is 87.3 cm³/mol. The van der Waals surface area contributed by atoms with E-state index in [1.807, 2.05) is 0 Å². The lowest BCUT2D eigenvalue weighted by Gasteiger charge is -2.38. The van der Waals surface area contributed by atoms with Crippen molar-refractivity contribution < 1.29 is 107 Å². The average molecular weight is 660 g/mol. The number of halogens is 20. The zero-order valence-corrected chi connectivity index (χ0v) is 18.8. The van der Waals surface area contributed by atoms with E-state index in [1.165, 1.54) is 0 Å². The minimum Gasteiger partial charge on any atom is -0.482 e. The smallest absolute Gasteiger partial charge is 0.378 e. The van der Waals surface area contributed by atoms with Crippen molar-refractivity contribution in [2.24, 2.45) is 0 Å². The van der Waals surface area contributed by atoms with Gasteiger partial charge in [0.1, 0.15) is 13.2 Å². The monoisotopic (exact) mass is 660 g/mol. The van der Waals surface area contributed by atoms with Gasteiger partial charge in [-0.1, -0.05) is 0 Å². The molecule has 0 N–H and O–H groups in total. The molecule has 1 aliphatic carbocycles. The van der Waals surface area contributed by atoms with Crippen LogP contribution in [0.5, 0.6) is 0 Å². The third kappa shape index (κ3) is 7.27.